The van der Waals surface area contributed by atoms with Gasteiger partial charge in [-0.15, -0.1) is 0 Å². The molecule has 0 fully saturated rings. The van der Waals surface area contributed by atoms with Gasteiger partial charge in [-0.2, -0.15) is 0 Å². The molecular weight excluding hydrogens is 238 g/mol. The molecule has 0 spiro atoms. The molecule has 5 heteroatoms. The molecule has 0 aromatic carbocycles. The van der Waals surface area contributed by atoms with Gasteiger partial charge in [-0.25, -0.2) is 0 Å². The third-order valence-corrected chi connectivity index (χ3v) is 3.04. The summed E-state index contributed by atoms with van der Waals surface area (Å²) in [6.07, 6.45) is 5.14. The van der Waals surface area contributed by atoms with E-state index in [4.69, 9.17) is 22.2 Å². The number of aromatic nitrogens is 1. The minimum absolute atomic E-state index is 0.194. The van der Waals surface area contributed by atoms with Crippen molar-refractivity contribution in [2.75, 3.05) is 13.7 Å². The van der Waals surface area contributed by atoms with Crippen molar-refractivity contribution in [2.24, 2.45) is 11.8 Å². The highest BCUT2D eigenvalue weighted by molar-refractivity contribution is 6.31. The van der Waals surface area contributed by atoms with Crippen LogP contribution in [0.25, 0.3) is 0 Å². The molecule has 3 N–H and O–H groups in total. The topological polar surface area (TPSA) is 60.2 Å². The molecular formula is C12H20ClN3O. The number of hydrogen-bond acceptors (Lipinski definition) is 4. The minimum atomic E-state index is 0.194. The van der Waals surface area contributed by atoms with Crippen LogP contribution in [0.4, 0.5) is 0 Å². The number of nitrogens with one attached hydrogen (secondary N) is 1. The van der Waals surface area contributed by atoms with Gasteiger partial charge in [-0.3, -0.25) is 16.3 Å². The normalized spacial score (nSPS) is 14.6. The van der Waals surface area contributed by atoms with Crippen molar-refractivity contribution in [3.63, 3.8) is 0 Å². The molecule has 1 heterocycles. The lowest BCUT2D eigenvalue weighted by atomic mass is 9.97. The third kappa shape index (κ3) is 5.00. The molecule has 2 unspecified atom stereocenters. The van der Waals surface area contributed by atoms with Gasteiger partial charge in [0.2, 0.25) is 0 Å². The maximum Gasteiger partial charge on any atom is 0.0621 e. The van der Waals surface area contributed by atoms with E-state index in [1.54, 1.807) is 19.5 Å². The van der Waals surface area contributed by atoms with Crippen LogP contribution < -0.4 is 11.3 Å². The molecule has 0 bridgehead atoms. The van der Waals surface area contributed by atoms with Gasteiger partial charge in [-0.05, 0) is 30.4 Å². The van der Waals surface area contributed by atoms with E-state index in [1.165, 1.54) is 0 Å². The van der Waals surface area contributed by atoms with E-state index in [-0.39, 0.29) is 6.04 Å². The monoisotopic (exact) mass is 257 g/mol. The minimum Gasteiger partial charge on any atom is -0.384 e. The maximum absolute atomic E-state index is 6.07. The molecule has 96 valence electrons. The smallest absolute Gasteiger partial charge is 0.0621 e. The highest BCUT2D eigenvalue weighted by Crippen LogP contribution is 2.17. The summed E-state index contributed by atoms with van der Waals surface area (Å²) >= 11 is 6.07. The number of ether oxygens (including phenoxy) is 1. The van der Waals surface area contributed by atoms with Gasteiger partial charge in [0, 0.05) is 32.2 Å². The first-order valence-electron chi connectivity index (χ1n) is 5.70. The number of pyridine rings is 1. The van der Waals surface area contributed by atoms with Crippen molar-refractivity contribution in [1.29, 1.82) is 0 Å². The zero-order valence-electron chi connectivity index (χ0n) is 10.3. The summed E-state index contributed by atoms with van der Waals surface area (Å²) < 4.78 is 5.12. The van der Waals surface area contributed by atoms with Crippen molar-refractivity contribution in [3.8, 4) is 0 Å². The summed E-state index contributed by atoms with van der Waals surface area (Å²) in [7, 11) is 1.71. The van der Waals surface area contributed by atoms with E-state index in [0.29, 0.717) is 10.9 Å². The van der Waals surface area contributed by atoms with E-state index in [1.807, 2.05) is 6.07 Å². The highest BCUT2D eigenvalue weighted by atomic mass is 35.5. The standard InChI is InChI=1S/C12H20ClN3O/c1-9(8-17-2)5-11(16-14)6-10-3-4-15-7-12(10)13/h3-4,7,9,11,16H,5-6,8,14H2,1-2H3. The Balaban J connectivity index is 2.55. The fraction of sp³-hybridized carbons (Fsp3) is 0.583. The lowest BCUT2D eigenvalue weighted by Gasteiger charge is -2.20. The fourth-order valence-corrected chi connectivity index (χ4v) is 2.08. The maximum atomic E-state index is 6.07. The Morgan fingerprint density at radius 2 is 2.35 bits per heavy atom. The zero-order chi connectivity index (χ0) is 12.7. The molecule has 0 amide bonds. The molecule has 0 aliphatic rings. The van der Waals surface area contributed by atoms with Gasteiger partial charge in [0.05, 0.1) is 5.02 Å². The van der Waals surface area contributed by atoms with Crippen LogP contribution in [0.1, 0.15) is 18.9 Å². The first-order valence-corrected chi connectivity index (χ1v) is 6.08. The third-order valence-electron chi connectivity index (χ3n) is 2.70. The number of hydrogen-bond donors (Lipinski definition) is 2. The SMILES string of the molecule is COCC(C)CC(Cc1ccncc1Cl)NN. The average Bonchev–Trinajstić information content (AvgIpc) is 2.31. The molecule has 0 radical (unpaired) electrons. The fourth-order valence-electron chi connectivity index (χ4n) is 1.88. The van der Waals surface area contributed by atoms with Gasteiger partial charge < -0.3 is 4.74 Å². The lowest BCUT2D eigenvalue weighted by molar-refractivity contribution is 0.149. The highest BCUT2D eigenvalue weighted by Gasteiger charge is 2.14. The van der Waals surface area contributed by atoms with E-state index < -0.39 is 0 Å². The summed E-state index contributed by atoms with van der Waals surface area (Å²) in [5, 5.41) is 0.687. The molecule has 17 heavy (non-hydrogen) atoms. The van der Waals surface area contributed by atoms with Crippen LogP contribution in [0.3, 0.4) is 0 Å². The van der Waals surface area contributed by atoms with Crippen molar-refractivity contribution >= 4 is 11.6 Å². The van der Waals surface area contributed by atoms with Crippen LogP contribution in [0.2, 0.25) is 5.02 Å². The first-order chi connectivity index (χ1) is 8.17. The molecule has 0 aliphatic heterocycles. The van der Waals surface area contributed by atoms with Gasteiger partial charge in [0.25, 0.3) is 0 Å². The molecule has 1 rings (SSSR count). The number of halogens is 1. The largest absolute Gasteiger partial charge is 0.384 e. The van der Waals surface area contributed by atoms with Crippen LogP contribution in [0.15, 0.2) is 18.5 Å². The number of methoxy groups -OCH3 is 1. The van der Waals surface area contributed by atoms with Crippen LogP contribution in [-0.2, 0) is 11.2 Å². The van der Waals surface area contributed by atoms with E-state index in [0.717, 1.165) is 25.0 Å². The van der Waals surface area contributed by atoms with Crippen molar-refractivity contribution in [3.05, 3.63) is 29.0 Å². The summed E-state index contributed by atoms with van der Waals surface area (Å²) in [6, 6.07) is 2.12. The quantitative estimate of drug-likeness (QED) is 0.578. The number of rotatable bonds is 7. The van der Waals surface area contributed by atoms with Gasteiger partial charge in [0.1, 0.15) is 0 Å². The summed E-state index contributed by atoms with van der Waals surface area (Å²) in [5.41, 5.74) is 3.90. The van der Waals surface area contributed by atoms with E-state index >= 15 is 0 Å². The second kappa shape index (κ2) is 7.61. The Morgan fingerprint density at radius 1 is 1.59 bits per heavy atom. The Hall–Kier alpha value is -0.680. The molecule has 4 nitrogen and oxygen atoms in total. The van der Waals surface area contributed by atoms with E-state index in [9.17, 15) is 0 Å². The van der Waals surface area contributed by atoms with Crippen LogP contribution >= 0.6 is 11.6 Å². The molecule has 1 aromatic heterocycles. The summed E-state index contributed by atoms with van der Waals surface area (Å²) in [4.78, 5) is 3.96. The molecule has 0 aliphatic carbocycles. The molecule has 1 aromatic rings. The van der Waals surface area contributed by atoms with Gasteiger partial charge in [0.15, 0.2) is 0 Å². The van der Waals surface area contributed by atoms with Crippen LogP contribution in [0, 0.1) is 5.92 Å². The van der Waals surface area contributed by atoms with Crippen molar-refractivity contribution in [1.82, 2.24) is 10.4 Å². The Morgan fingerprint density at radius 3 is 2.94 bits per heavy atom. The Labute approximate surface area is 107 Å². The number of nitrogens with zero attached hydrogens (tertiary/aromatic N) is 1. The van der Waals surface area contributed by atoms with Gasteiger partial charge >= 0.3 is 0 Å². The Kier molecular flexibility index (Phi) is 6.44. The molecule has 0 saturated heterocycles. The summed E-state index contributed by atoms with van der Waals surface area (Å²) in [6.45, 7) is 2.88. The zero-order valence-corrected chi connectivity index (χ0v) is 11.1. The van der Waals surface area contributed by atoms with E-state index in [2.05, 4.69) is 17.3 Å². The number of nitrogens with two attached hydrogens (primary N) is 1. The predicted molar refractivity (Wildman–Crippen MR) is 69.7 cm³/mol. The van der Waals surface area contributed by atoms with Crippen LogP contribution in [0.5, 0.6) is 0 Å². The number of hydrazine groups is 1. The second-order valence-electron chi connectivity index (χ2n) is 4.33. The Bertz CT molecular complexity index is 335. The second-order valence-corrected chi connectivity index (χ2v) is 4.74. The van der Waals surface area contributed by atoms with Gasteiger partial charge in [-0.1, -0.05) is 18.5 Å². The van der Waals surface area contributed by atoms with Crippen LogP contribution in [-0.4, -0.2) is 24.7 Å². The molecule has 2 atom stereocenters. The lowest BCUT2D eigenvalue weighted by Crippen LogP contribution is -2.38. The van der Waals surface area contributed by atoms with Crippen molar-refractivity contribution < 1.29 is 4.74 Å². The first kappa shape index (κ1) is 14.4. The summed E-state index contributed by atoms with van der Waals surface area (Å²) in [5.74, 6) is 6.03. The predicted octanol–water partition coefficient (Wildman–Crippen LogP) is 1.78. The van der Waals surface area contributed by atoms with Crippen molar-refractivity contribution in [2.45, 2.75) is 25.8 Å². The average molecular weight is 258 g/mol. The molecule has 0 saturated carbocycles.